The van der Waals surface area contributed by atoms with Crippen molar-refractivity contribution in [2.75, 3.05) is 13.2 Å². The largest absolute Gasteiger partial charge is 0.394 e. The standard InChI is InChI=1S/C17H24ClNO2/c1-12(2)15(11-20)19-10-4-9-17(3,16(19)21)13-5-7-14(18)8-6-13/h5-8,12,15,20H,4,9-11H2,1-3H3/t15-,17?/m1/s1. The van der Waals surface area contributed by atoms with Gasteiger partial charge in [-0.1, -0.05) is 37.6 Å². The predicted octanol–water partition coefficient (Wildman–Crippen LogP) is 3.24. The number of piperidine rings is 1. The smallest absolute Gasteiger partial charge is 0.233 e. The Labute approximate surface area is 131 Å². The van der Waals surface area contributed by atoms with E-state index in [1.807, 2.05) is 49.9 Å². The van der Waals surface area contributed by atoms with Gasteiger partial charge in [0.25, 0.3) is 0 Å². The Bertz CT molecular complexity index is 500. The number of rotatable bonds is 4. The summed E-state index contributed by atoms with van der Waals surface area (Å²) in [4.78, 5) is 14.9. The second-order valence-electron chi connectivity index (χ2n) is 6.44. The van der Waals surface area contributed by atoms with Gasteiger partial charge in [-0.25, -0.2) is 0 Å². The van der Waals surface area contributed by atoms with Crippen LogP contribution in [0.15, 0.2) is 24.3 Å². The average molecular weight is 310 g/mol. The second-order valence-corrected chi connectivity index (χ2v) is 6.87. The SMILES string of the molecule is CC(C)[C@@H](CO)N1CCCC(C)(c2ccc(Cl)cc2)C1=O. The van der Waals surface area contributed by atoms with Crippen LogP contribution in [-0.2, 0) is 10.2 Å². The van der Waals surface area contributed by atoms with Crippen LogP contribution < -0.4 is 0 Å². The third-order valence-electron chi connectivity index (χ3n) is 4.65. The zero-order chi connectivity index (χ0) is 15.6. The first-order valence-electron chi connectivity index (χ1n) is 7.58. The molecule has 3 nitrogen and oxygen atoms in total. The molecule has 1 amide bonds. The van der Waals surface area contributed by atoms with E-state index in [-0.39, 0.29) is 24.5 Å². The molecular weight excluding hydrogens is 286 g/mol. The van der Waals surface area contributed by atoms with Gasteiger partial charge in [0.2, 0.25) is 5.91 Å². The summed E-state index contributed by atoms with van der Waals surface area (Å²) >= 11 is 5.95. The molecule has 1 aliphatic rings. The van der Waals surface area contributed by atoms with Gasteiger partial charge in [-0.2, -0.15) is 0 Å². The van der Waals surface area contributed by atoms with Gasteiger partial charge in [-0.05, 0) is 43.4 Å². The lowest BCUT2D eigenvalue weighted by atomic mass is 9.74. The number of aliphatic hydroxyl groups excluding tert-OH is 1. The van der Waals surface area contributed by atoms with Crippen molar-refractivity contribution in [1.29, 1.82) is 0 Å². The number of carbonyl (C=O) groups is 1. The van der Waals surface area contributed by atoms with Crippen molar-refractivity contribution >= 4 is 17.5 Å². The van der Waals surface area contributed by atoms with Gasteiger partial charge >= 0.3 is 0 Å². The van der Waals surface area contributed by atoms with Crippen LogP contribution in [0.2, 0.25) is 5.02 Å². The Morgan fingerprint density at radius 2 is 1.95 bits per heavy atom. The van der Waals surface area contributed by atoms with Crippen molar-refractivity contribution in [3.8, 4) is 0 Å². The molecule has 116 valence electrons. The highest BCUT2D eigenvalue weighted by Crippen LogP contribution is 2.36. The van der Waals surface area contributed by atoms with Gasteiger partial charge in [0.05, 0.1) is 18.1 Å². The highest BCUT2D eigenvalue weighted by Gasteiger charge is 2.43. The van der Waals surface area contributed by atoms with Crippen LogP contribution in [0.25, 0.3) is 0 Å². The maximum atomic E-state index is 13.0. The van der Waals surface area contributed by atoms with E-state index in [2.05, 4.69) is 0 Å². The Kier molecular flexibility index (Phi) is 4.95. The zero-order valence-electron chi connectivity index (χ0n) is 13.0. The molecule has 1 N–H and O–H groups in total. The summed E-state index contributed by atoms with van der Waals surface area (Å²) in [5.74, 6) is 0.357. The van der Waals surface area contributed by atoms with Crippen molar-refractivity contribution in [2.45, 2.75) is 45.1 Å². The fourth-order valence-electron chi connectivity index (χ4n) is 3.20. The van der Waals surface area contributed by atoms with E-state index < -0.39 is 5.41 Å². The molecule has 1 aromatic carbocycles. The third kappa shape index (κ3) is 3.09. The van der Waals surface area contributed by atoms with Crippen LogP contribution in [0.4, 0.5) is 0 Å². The second kappa shape index (κ2) is 6.37. The van der Waals surface area contributed by atoms with Crippen molar-refractivity contribution in [3.05, 3.63) is 34.9 Å². The number of likely N-dealkylation sites (tertiary alicyclic amines) is 1. The maximum absolute atomic E-state index is 13.0. The van der Waals surface area contributed by atoms with Crippen molar-refractivity contribution in [3.63, 3.8) is 0 Å². The first kappa shape index (κ1) is 16.3. The summed E-state index contributed by atoms with van der Waals surface area (Å²) < 4.78 is 0. The number of hydrogen-bond donors (Lipinski definition) is 1. The molecule has 0 aliphatic carbocycles. The Morgan fingerprint density at radius 1 is 1.33 bits per heavy atom. The van der Waals surface area contributed by atoms with E-state index in [4.69, 9.17) is 11.6 Å². The summed E-state index contributed by atoms with van der Waals surface area (Å²) in [7, 11) is 0. The lowest BCUT2D eigenvalue weighted by Crippen LogP contribution is -2.56. The van der Waals surface area contributed by atoms with Gasteiger partial charge in [-0.3, -0.25) is 4.79 Å². The average Bonchev–Trinajstić information content (AvgIpc) is 2.44. The molecule has 21 heavy (non-hydrogen) atoms. The molecule has 1 fully saturated rings. The Balaban J connectivity index is 2.32. The highest BCUT2D eigenvalue weighted by atomic mass is 35.5. The maximum Gasteiger partial charge on any atom is 0.233 e. The quantitative estimate of drug-likeness (QED) is 0.927. The minimum absolute atomic E-state index is 0.0140. The van der Waals surface area contributed by atoms with E-state index in [1.54, 1.807) is 0 Å². The topological polar surface area (TPSA) is 40.5 Å². The fourth-order valence-corrected chi connectivity index (χ4v) is 3.33. The molecule has 0 bridgehead atoms. The van der Waals surface area contributed by atoms with E-state index in [1.165, 1.54) is 0 Å². The van der Waals surface area contributed by atoms with Crippen LogP contribution in [0, 0.1) is 5.92 Å². The number of halogens is 1. The fraction of sp³-hybridized carbons (Fsp3) is 0.588. The Morgan fingerprint density at radius 3 is 2.48 bits per heavy atom. The van der Waals surface area contributed by atoms with Crippen LogP contribution in [0.1, 0.15) is 39.2 Å². The first-order valence-corrected chi connectivity index (χ1v) is 7.96. The van der Waals surface area contributed by atoms with Crippen LogP contribution >= 0.6 is 11.6 Å². The zero-order valence-corrected chi connectivity index (χ0v) is 13.7. The van der Waals surface area contributed by atoms with Gasteiger partial charge in [-0.15, -0.1) is 0 Å². The highest BCUT2D eigenvalue weighted by molar-refractivity contribution is 6.30. The number of benzene rings is 1. The van der Waals surface area contributed by atoms with Crippen LogP contribution in [0.5, 0.6) is 0 Å². The summed E-state index contributed by atoms with van der Waals surface area (Å²) in [5, 5.41) is 10.3. The molecule has 1 unspecified atom stereocenters. The third-order valence-corrected chi connectivity index (χ3v) is 4.90. The van der Waals surface area contributed by atoms with Crippen LogP contribution in [0.3, 0.4) is 0 Å². The van der Waals surface area contributed by atoms with Crippen molar-refractivity contribution < 1.29 is 9.90 Å². The number of carbonyl (C=O) groups excluding carboxylic acids is 1. The van der Waals surface area contributed by atoms with E-state index >= 15 is 0 Å². The molecule has 0 saturated carbocycles. The molecule has 0 spiro atoms. The molecule has 4 heteroatoms. The van der Waals surface area contributed by atoms with Gasteiger partial charge in [0.15, 0.2) is 0 Å². The van der Waals surface area contributed by atoms with E-state index in [0.29, 0.717) is 5.02 Å². The van der Waals surface area contributed by atoms with Gasteiger partial charge < -0.3 is 10.0 Å². The molecular formula is C17H24ClNO2. The molecule has 0 aromatic heterocycles. The normalized spacial score (nSPS) is 24.5. The molecule has 1 aliphatic heterocycles. The number of aliphatic hydroxyl groups is 1. The van der Waals surface area contributed by atoms with Crippen LogP contribution in [-0.4, -0.2) is 35.1 Å². The first-order chi connectivity index (χ1) is 9.90. The van der Waals surface area contributed by atoms with Crippen molar-refractivity contribution in [2.24, 2.45) is 5.92 Å². The molecule has 2 rings (SSSR count). The molecule has 1 saturated heterocycles. The minimum atomic E-state index is -0.523. The molecule has 1 heterocycles. The minimum Gasteiger partial charge on any atom is -0.394 e. The summed E-state index contributed by atoms with van der Waals surface area (Å²) in [6, 6.07) is 7.44. The molecule has 0 radical (unpaired) electrons. The van der Waals surface area contributed by atoms with E-state index in [9.17, 15) is 9.90 Å². The number of hydrogen-bond acceptors (Lipinski definition) is 2. The van der Waals surface area contributed by atoms with E-state index in [0.717, 1.165) is 24.9 Å². The lowest BCUT2D eigenvalue weighted by Gasteiger charge is -2.44. The lowest BCUT2D eigenvalue weighted by molar-refractivity contribution is -0.145. The monoisotopic (exact) mass is 309 g/mol. The summed E-state index contributed by atoms with van der Waals surface area (Å²) in [6.45, 7) is 6.83. The number of amides is 1. The Hall–Kier alpha value is -1.06. The van der Waals surface area contributed by atoms with Gasteiger partial charge in [0.1, 0.15) is 0 Å². The molecule has 2 atom stereocenters. The summed E-state index contributed by atoms with van der Waals surface area (Å²) in [5.41, 5.74) is 0.479. The molecule has 1 aromatic rings. The number of nitrogens with zero attached hydrogens (tertiary/aromatic N) is 1. The summed E-state index contributed by atoms with van der Waals surface area (Å²) in [6.07, 6.45) is 1.79. The van der Waals surface area contributed by atoms with Gasteiger partial charge in [0, 0.05) is 11.6 Å². The van der Waals surface area contributed by atoms with Crippen molar-refractivity contribution in [1.82, 2.24) is 4.90 Å². The predicted molar refractivity (Wildman–Crippen MR) is 85.5 cm³/mol.